The molecule has 98 valence electrons. The van der Waals surface area contributed by atoms with Gasteiger partial charge in [0.25, 0.3) is 5.56 Å². The smallest absolute Gasteiger partial charge is 0.275 e. The van der Waals surface area contributed by atoms with Gasteiger partial charge >= 0.3 is 0 Å². The summed E-state index contributed by atoms with van der Waals surface area (Å²) in [4.78, 5) is 12.1. The summed E-state index contributed by atoms with van der Waals surface area (Å²) in [6.45, 7) is 2.34. The number of sulfonamides is 1. The van der Waals surface area contributed by atoms with Crippen LogP contribution in [0.25, 0.3) is 5.52 Å². The van der Waals surface area contributed by atoms with Crippen molar-refractivity contribution < 1.29 is 8.42 Å². The van der Waals surface area contributed by atoms with Crippen LogP contribution in [0.4, 0.5) is 0 Å². The molecule has 0 aromatic carbocycles. The molecular formula is C11H15N3O3S. The Bertz CT molecular complexity index is 728. The number of rotatable bonds is 4. The second kappa shape index (κ2) is 4.58. The molecule has 2 rings (SSSR count). The Labute approximate surface area is 105 Å². The molecule has 0 unspecified atom stereocenters. The van der Waals surface area contributed by atoms with Crippen molar-refractivity contribution in [3.8, 4) is 0 Å². The van der Waals surface area contributed by atoms with Gasteiger partial charge < -0.3 is 8.97 Å². The van der Waals surface area contributed by atoms with Gasteiger partial charge in [-0.25, -0.2) is 13.1 Å². The van der Waals surface area contributed by atoms with Gasteiger partial charge in [0.05, 0.1) is 6.26 Å². The standard InChI is InChI=1S/C11H15N3O3S/c1-9-8-13-6-3-4-10(13)11(15)14(9)7-5-12-18(2,16)17/h3-4,6,8,12H,5,7H2,1-2H3. The van der Waals surface area contributed by atoms with E-state index in [4.69, 9.17) is 0 Å². The normalized spacial score (nSPS) is 12.1. The van der Waals surface area contributed by atoms with Gasteiger partial charge in [-0.2, -0.15) is 0 Å². The Morgan fingerprint density at radius 3 is 2.78 bits per heavy atom. The topological polar surface area (TPSA) is 72.6 Å². The van der Waals surface area contributed by atoms with Crippen LogP contribution in [0.15, 0.2) is 29.3 Å². The molecule has 6 nitrogen and oxygen atoms in total. The maximum Gasteiger partial charge on any atom is 0.275 e. The van der Waals surface area contributed by atoms with E-state index in [1.165, 1.54) is 0 Å². The summed E-state index contributed by atoms with van der Waals surface area (Å²) < 4.78 is 27.6. The number of nitrogens with one attached hydrogen (secondary N) is 1. The third-order valence-corrected chi connectivity index (χ3v) is 3.42. The maximum atomic E-state index is 12.1. The molecule has 0 aliphatic heterocycles. The van der Waals surface area contributed by atoms with E-state index in [9.17, 15) is 13.2 Å². The SMILES string of the molecule is Cc1cn2cccc2c(=O)n1CCNS(C)(=O)=O. The van der Waals surface area contributed by atoms with Gasteiger partial charge in [0, 0.05) is 31.2 Å². The lowest BCUT2D eigenvalue weighted by molar-refractivity contribution is 0.573. The first-order valence-corrected chi connectivity index (χ1v) is 7.39. The highest BCUT2D eigenvalue weighted by Gasteiger charge is 2.07. The molecule has 0 spiro atoms. The fourth-order valence-corrected chi connectivity index (χ4v) is 2.34. The van der Waals surface area contributed by atoms with Crippen LogP contribution in [0.5, 0.6) is 0 Å². The van der Waals surface area contributed by atoms with Crippen LogP contribution in [0.3, 0.4) is 0 Å². The molecule has 0 amide bonds. The van der Waals surface area contributed by atoms with Gasteiger partial charge in [0.2, 0.25) is 10.0 Å². The highest BCUT2D eigenvalue weighted by molar-refractivity contribution is 7.88. The van der Waals surface area contributed by atoms with Crippen LogP contribution in [-0.4, -0.2) is 30.2 Å². The average Bonchev–Trinajstić information content (AvgIpc) is 2.69. The van der Waals surface area contributed by atoms with Gasteiger partial charge in [-0.15, -0.1) is 0 Å². The van der Waals surface area contributed by atoms with Gasteiger partial charge in [-0.1, -0.05) is 0 Å². The number of nitrogens with zero attached hydrogens (tertiary/aromatic N) is 2. The Balaban J connectivity index is 2.30. The van der Waals surface area contributed by atoms with Crippen molar-refractivity contribution in [2.24, 2.45) is 0 Å². The van der Waals surface area contributed by atoms with E-state index in [1.54, 1.807) is 21.1 Å². The van der Waals surface area contributed by atoms with Gasteiger partial charge in [0.15, 0.2) is 0 Å². The molecule has 0 saturated heterocycles. The molecule has 0 atom stereocenters. The van der Waals surface area contributed by atoms with E-state index >= 15 is 0 Å². The van der Waals surface area contributed by atoms with Crippen molar-refractivity contribution in [1.82, 2.24) is 13.7 Å². The third-order valence-electron chi connectivity index (χ3n) is 2.69. The van der Waals surface area contributed by atoms with Crippen molar-refractivity contribution in [1.29, 1.82) is 0 Å². The van der Waals surface area contributed by atoms with Crippen molar-refractivity contribution in [2.75, 3.05) is 12.8 Å². The lowest BCUT2D eigenvalue weighted by Gasteiger charge is -2.11. The lowest BCUT2D eigenvalue weighted by Crippen LogP contribution is -2.31. The van der Waals surface area contributed by atoms with Crippen LogP contribution in [0.2, 0.25) is 0 Å². The Morgan fingerprint density at radius 1 is 1.39 bits per heavy atom. The highest BCUT2D eigenvalue weighted by Crippen LogP contribution is 2.02. The number of fused-ring (bicyclic) bond motifs is 1. The Hall–Kier alpha value is -1.60. The summed E-state index contributed by atoms with van der Waals surface area (Å²) in [6.07, 6.45) is 4.75. The van der Waals surface area contributed by atoms with Crippen LogP contribution in [0.1, 0.15) is 5.69 Å². The summed E-state index contributed by atoms with van der Waals surface area (Å²) >= 11 is 0. The minimum Gasteiger partial charge on any atom is -0.317 e. The van der Waals surface area contributed by atoms with Gasteiger partial charge in [-0.3, -0.25) is 4.79 Å². The molecule has 7 heteroatoms. The molecule has 0 aliphatic carbocycles. The first-order valence-electron chi connectivity index (χ1n) is 5.50. The number of hydrogen-bond acceptors (Lipinski definition) is 3. The quantitative estimate of drug-likeness (QED) is 0.846. The van der Waals surface area contributed by atoms with E-state index in [0.717, 1.165) is 11.9 Å². The number of hydrogen-bond donors (Lipinski definition) is 1. The highest BCUT2D eigenvalue weighted by atomic mass is 32.2. The predicted octanol–water partition coefficient (Wildman–Crippen LogP) is -0.0414. The molecule has 0 saturated carbocycles. The molecule has 2 heterocycles. The second-order valence-electron chi connectivity index (χ2n) is 4.19. The molecule has 0 radical (unpaired) electrons. The average molecular weight is 269 g/mol. The lowest BCUT2D eigenvalue weighted by atomic mass is 10.4. The van der Waals surface area contributed by atoms with Crippen LogP contribution < -0.4 is 10.3 Å². The van der Waals surface area contributed by atoms with Gasteiger partial charge in [0.1, 0.15) is 5.52 Å². The number of aryl methyl sites for hydroxylation is 1. The Kier molecular flexibility index (Phi) is 3.27. The zero-order chi connectivity index (χ0) is 13.3. The van der Waals surface area contributed by atoms with Crippen molar-refractivity contribution in [2.45, 2.75) is 13.5 Å². The second-order valence-corrected chi connectivity index (χ2v) is 6.03. The zero-order valence-electron chi connectivity index (χ0n) is 10.3. The van der Waals surface area contributed by atoms with E-state index in [2.05, 4.69) is 4.72 Å². The summed E-state index contributed by atoms with van der Waals surface area (Å²) in [5.41, 5.74) is 1.26. The molecule has 2 aromatic rings. The fourth-order valence-electron chi connectivity index (χ4n) is 1.88. The maximum absolute atomic E-state index is 12.1. The summed E-state index contributed by atoms with van der Waals surface area (Å²) in [7, 11) is -3.22. The minimum absolute atomic E-state index is 0.115. The fraction of sp³-hybridized carbons (Fsp3) is 0.364. The van der Waals surface area contributed by atoms with E-state index in [-0.39, 0.29) is 12.1 Å². The minimum atomic E-state index is -3.22. The van der Waals surface area contributed by atoms with Crippen LogP contribution >= 0.6 is 0 Å². The molecule has 0 bridgehead atoms. The zero-order valence-corrected chi connectivity index (χ0v) is 11.1. The first kappa shape index (κ1) is 12.8. The Morgan fingerprint density at radius 2 is 2.11 bits per heavy atom. The predicted molar refractivity (Wildman–Crippen MR) is 69.2 cm³/mol. The molecule has 18 heavy (non-hydrogen) atoms. The summed E-state index contributed by atoms with van der Waals surface area (Å²) in [5, 5.41) is 0. The van der Waals surface area contributed by atoms with Crippen molar-refractivity contribution >= 4 is 15.5 Å². The summed E-state index contributed by atoms with van der Waals surface area (Å²) in [6, 6.07) is 3.54. The van der Waals surface area contributed by atoms with Crippen LogP contribution in [-0.2, 0) is 16.6 Å². The largest absolute Gasteiger partial charge is 0.317 e. The first-order chi connectivity index (χ1) is 8.38. The van der Waals surface area contributed by atoms with E-state index in [0.29, 0.717) is 12.1 Å². The van der Waals surface area contributed by atoms with Gasteiger partial charge in [-0.05, 0) is 19.1 Å². The molecule has 1 N–H and O–H groups in total. The molecular weight excluding hydrogens is 254 g/mol. The van der Waals surface area contributed by atoms with Crippen LogP contribution in [0, 0.1) is 6.92 Å². The number of aromatic nitrogens is 2. The molecule has 2 aromatic heterocycles. The summed E-state index contributed by atoms with van der Waals surface area (Å²) in [5.74, 6) is 0. The molecule has 0 fully saturated rings. The van der Waals surface area contributed by atoms with Crippen molar-refractivity contribution in [3.05, 3.63) is 40.6 Å². The van der Waals surface area contributed by atoms with E-state index in [1.807, 2.05) is 19.3 Å². The molecule has 0 aliphatic rings. The monoisotopic (exact) mass is 269 g/mol. The third kappa shape index (κ3) is 2.62. The van der Waals surface area contributed by atoms with E-state index < -0.39 is 10.0 Å². The van der Waals surface area contributed by atoms with Crippen molar-refractivity contribution in [3.63, 3.8) is 0 Å².